The van der Waals surface area contributed by atoms with Gasteiger partial charge in [0.2, 0.25) is 0 Å². The quantitative estimate of drug-likeness (QED) is 0.689. The highest BCUT2D eigenvalue weighted by Crippen LogP contribution is 2.29. The molecule has 1 aromatic carbocycles. The van der Waals surface area contributed by atoms with Crippen molar-refractivity contribution in [1.82, 2.24) is 0 Å². The summed E-state index contributed by atoms with van der Waals surface area (Å²) in [7, 11) is 0. The van der Waals surface area contributed by atoms with Gasteiger partial charge in [-0.2, -0.15) is 0 Å². The van der Waals surface area contributed by atoms with Gasteiger partial charge < -0.3 is 20.8 Å². The smallest absolute Gasteiger partial charge is 0.337 e. The number of aromatic carboxylic acids is 1. The standard InChI is InChI=1S/C13H18N2O3/c1-13(18)4-6-15(7-5-13)11-3-2-9(14)8-10(11)12(16)17/h2-3,8,18H,4-7,14H2,1H3,(H,16,17). The fraction of sp³-hybridized carbons (Fsp3) is 0.462. The highest BCUT2D eigenvalue weighted by molar-refractivity contribution is 5.95. The molecule has 0 atom stereocenters. The van der Waals surface area contributed by atoms with E-state index in [0.29, 0.717) is 37.3 Å². The number of carboxylic acids is 1. The van der Waals surface area contributed by atoms with Gasteiger partial charge in [-0.3, -0.25) is 0 Å². The molecule has 0 unspecified atom stereocenters. The second-order valence-electron chi connectivity index (χ2n) is 5.07. The van der Waals surface area contributed by atoms with Crippen LogP contribution in [0.25, 0.3) is 0 Å². The monoisotopic (exact) mass is 250 g/mol. The maximum atomic E-state index is 11.2. The van der Waals surface area contributed by atoms with Crippen molar-refractivity contribution in [2.45, 2.75) is 25.4 Å². The molecule has 1 saturated heterocycles. The minimum absolute atomic E-state index is 0.219. The second-order valence-corrected chi connectivity index (χ2v) is 5.07. The molecule has 0 saturated carbocycles. The van der Waals surface area contributed by atoms with Crippen molar-refractivity contribution >= 4 is 17.3 Å². The number of nitrogens with two attached hydrogens (primary N) is 1. The van der Waals surface area contributed by atoms with Crippen LogP contribution in [0, 0.1) is 0 Å². The lowest BCUT2D eigenvalue weighted by atomic mass is 9.93. The lowest BCUT2D eigenvalue weighted by Crippen LogP contribution is -2.43. The van der Waals surface area contributed by atoms with E-state index in [1.165, 1.54) is 6.07 Å². The van der Waals surface area contributed by atoms with Gasteiger partial charge in [-0.15, -0.1) is 0 Å². The number of carboxylic acid groups (broad SMARTS) is 1. The zero-order valence-corrected chi connectivity index (χ0v) is 10.4. The Morgan fingerprint density at radius 1 is 1.39 bits per heavy atom. The normalized spacial score (nSPS) is 18.7. The number of aliphatic hydroxyl groups is 1. The molecule has 0 radical (unpaired) electrons. The van der Waals surface area contributed by atoms with Crippen LogP contribution in [0.3, 0.4) is 0 Å². The van der Waals surface area contributed by atoms with E-state index >= 15 is 0 Å². The summed E-state index contributed by atoms with van der Waals surface area (Å²) in [5.74, 6) is -0.977. The minimum Gasteiger partial charge on any atom is -0.478 e. The Bertz CT molecular complexity index is 461. The van der Waals surface area contributed by atoms with Crippen molar-refractivity contribution in [3.63, 3.8) is 0 Å². The number of piperidine rings is 1. The third-order valence-electron chi connectivity index (χ3n) is 3.43. The van der Waals surface area contributed by atoms with Crippen molar-refractivity contribution in [2.24, 2.45) is 0 Å². The van der Waals surface area contributed by atoms with Crippen molar-refractivity contribution in [3.8, 4) is 0 Å². The van der Waals surface area contributed by atoms with Crippen LogP contribution in [-0.2, 0) is 0 Å². The molecule has 2 rings (SSSR count). The summed E-state index contributed by atoms with van der Waals surface area (Å²) in [6, 6.07) is 4.91. The summed E-state index contributed by atoms with van der Waals surface area (Å²) >= 11 is 0. The number of carbonyl (C=O) groups is 1. The Balaban J connectivity index is 2.26. The average Bonchev–Trinajstić information content (AvgIpc) is 2.29. The molecule has 1 aromatic rings. The molecule has 0 aromatic heterocycles. The number of hydrogen-bond acceptors (Lipinski definition) is 4. The first kappa shape index (κ1) is 12.7. The van der Waals surface area contributed by atoms with E-state index in [2.05, 4.69) is 0 Å². The fourth-order valence-corrected chi connectivity index (χ4v) is 2.23. The van der Waals surface area contributed by atoms with Gasteiger partial charge in [0.1, 0.15) is 0 Å². The van der Waals surface area contributed by atoms with Crippen LogP contribution >= 0.6 is 0 Å². The molecule has 1 heterocycles. The van der Waals surface area contributed by atoms with E-state index in [9.17, 15) is 15.0 Å². The van der Waals surface area contributed by atoms with E-state index in [4.69, 9.17) is 5.73 Å². The van der Waals surface area contributed by atoms with Crippen molar-refractivity contribution in [1.29, 1.82) is 0 Å². The van der Waals surface area contributed by atoms with Crippen LogP contribution in [0.2, 0.25) is 0 Å². The number of benzene rings is 1. The second kappa shape index (κ2) is 4.49. The molecule has 98 valence electrons. The topological polar surface area (TPSA) is 86.8 Å². The van der Waals surface area contributed by atoms with Gasteiger partial charge in [0, 0.05) is 18.8 Å². The van der Waals surface area contributed by atoms with E-state index in [0.717, 1.165) is 0 Å². The van der Waals surface area contributed by atoms with E-state index < -0.39 is 11.6 Å². The lowest BCUT2D eigenvalue weighted by Gasteiger charge is -2.37. The van der Waals surface area contributed by atoms with Gasteiger partial charge in [0.15, 0.2) is 0 Å². The fourth-order valence-electron chi connectivity index (χ4n) is 2.23. The van der Waals surface area contributed by atoms with Crippen molar-refractivity contribution in [3.05, 3.63) is 23.8 Å². The number of hydrogen-bond donors (Lipinski definition) is 3. The SMILES string of the molecule is CC1(O)CCN(c2ccc(N)cc2C(=O)O)CC1. The zero-order chi connectivity index (χ0) is 13.3. The van der Waals surface area contributed by atoms with Crippen LogP contribution < -0.4 is 10.6 Å². The molecule has 0 spiro atoms. The third-order valence-corrected chi connectivity index (χ3v) is 3.43. The Morgan fingerprint density at radius 2 is 2.00 bits per heavy atom. The molecular formula is C13H18N2O3. The number of rotatable bonds is 2. The number of nitrogen functional groups attached to an aromatic ring is 1. The maximum Gasteiger partial charge on any atom is 0.337 e. The molecule has 1 aliphatic rings. The van der Waals surface area contributed by atoms with Gasteiger partial charge in [-0.05, 0) is 38.0 Å². The first-order valence-electron chi connectivity index (χ1n) is 5.99. The Labute approximate surface area is 106 Å². The van der Waals surface area contributed by atoms with E-state index in [-0.39, 0.29) is 5.56 Å². The van der Waals surface area contributed by atoms with Gasteiger partial charge in [0.05, 0.1) is 16.9 Å². The molecule has 1 aliphatic heterocycles. The van der Waals surface area contributed by atoms with Gasteiger partial charge in [-0.25, -0.2) is 4.79 Å². The highest BCUT2D eigenvalue weighted by Gasteiger charge is 2.28. The molecule has 18 heavy (non-hydrogen) atoms. The predicted molar refractivity (Wildman–Crippen MR) is 69.9 cm³/mol. The summed E-state index contributed by atoms with van der Waals surface area (Å²) in [4.78, 5) is 13.2. The van der Waals surface area contributed by atoms with E-state index in [1.807, 2.05) is 11.8 Å². The summed E-state index contributed by atoms with van der Waals surface area (Å²) in [6.07, 6.45) is 1.27. The van der Waals surface area contributed by atoms with E-state index in [1.54, 1.807) is 12.1 Å². The van der Waals surface area contributed by atoms with Crippen molar-refractivity contribution in [2.75, 3.05) is 23.7 Å². The molecule has 0 aliphatic carbocycles. The molecular weight excluding hydrogens is 232 g/mol. The summed E-state index contributed by atoms with van der Waals surface area (Å²) in [5.41, 5.74) is 6.31. The van der Waals surface area contributed by atoms with Crippen molar-refractivity contribution < 1.29 is 15.0 Å². The maximum absolute atomic E-state index is 11.2. The first-order valence-corrected chi connectivity index (χ1v) is 5.99. The predicted octanol–water partition coefficient (Wildman–Crippen LogP) is 1.32. The molecule has 1 fully saturated rings. The first-order chi connectivity index (χ1) is 8.39. The van der Waals surface area contributed by atoms with Crippen LogP contribution in [0.1, 0.15) is 30.1 Å². The lowest BCUT2D eigenvalue weighted by molar-refractivity contribution is 0.0351. The molecule has 5 nitrogen and oxygen atoms in total. The highest BCUT2D eigenvalue weighted by atomic mass is 16.4. The van der Waals surface area contributed by atoms with Crippen LogP contribution in [0.4, 0.5) is 11.4 Å². The molecule has 0 amide bonds. The third kappa shape index (κ3) is 2.56. The Kier molecular flexibility index (Phi) is 3.17. The molecule has 5 heteroatoms. The molecule has 0 bridgehead atoms. The number of nitrogens with zero attached hydrogens (tertiary/aromatic N) is 1. The minimum atomic E-state index is -0.977. The molecule has 4 N–H and O–H groups in total. The summed E-state index contributed by atoms with van der Waals surface area (Å²) < 4.78 is 0. The summed E-state index contributed by atoms with van der Waals surface area (Å²) in [6.45, 7) is 3.11. The van der Waals surface area contributed by atoms with Crippen LogP contribution in [-0.4, -0.2) is 34.9 Å². The Morgan fingerprint density at radius 3 is 2.56 bits per heavy atom. The van der Waals surface area contributed by atoms with Gasteiger partial charge in [0.25, 0.3) is 0 Å². The summed E-state index contributed by atoms with van der Waals surface area (Å²) in [5, 5.41) is 19.1. The van der Waals surface area contributed by atoms with Gasteiger partial charge in [-0.1, -0.05) is 0 Å². The zero-order valence-electron chi connectivity index (χ0n) is 10.4. The largest absolute Gasteiger partial charge is 0.478 e. The number of anilines is 2. The average molecular weight is 250 g/mol. The Hall–Kier alpha value is -1.75. The van der Waals surface area contributed by atoms with Gasteiger partial charge >= 0.3 is 5.97 Å². The van der Waals surface area contributed by atoms with Crippen LogP contribution in [0.15, 0.2) is 18.2 Å². The van der Waals surface area contributed by atoms with Crippen LogP contribution in [0.5, 0.6) is 0 Å².